The Bertz CT molecular complexity index is 696. The highest BCUT2D eigenvalue weighted by atomic mass is 32.2. The van der Waals surface area contributed by atoms with Gasteiger partial charge in [0.1, 0.15) is 4.75 Å². The molecule has 0 bridgehead atoms. The topological polar surface area (TPSA) is 52.2 Å². The van der Waals surface area contributed by atoms with Gasteiger partial charge in [-0.2, -0.15) is 0 Å². The second-order valence-electron chi connectivity index (χ2n) is 6.22. The molecule has 0 heterocycles. The molecule has 0 spiro atoms. The van der Waals surface area contributed by atoms with Crippen LogP contribution in [0.4, 0.5) is 0 Å². The van der Waals surface area contributed by atoms with Gasteiger partial charge in [0.15, 0.2) is 6.29 Å². The van der Waals surface area contributed by atoms with Crippen molar-refractivity contribution < 1.29 is 9.35 Å². The summed E-state index contributed by atoms with van der Waals surface area (Å²) in [6, 6.07) is 13.2. The van der Waals surface area contributed by atoms with Crippen LogP contribution in [-0.4, -0.2) is 15.6 Å². The number of carbonyl (C=O) groups excluding carboxylic acids is 1. The SMILES string of the molecule is CC(C)(C)[S+]([O-])NCc1cccc(S)c1-c1ccccc1C=O. The third-order valence-corrected chi connectivity index (χ3v) is 5.33. The fraction of sp³-hybridized carbons (Fsp3) is 0.278. The minimum absolute atomic E-state index is 0.334. The largest absolute Gasteiger partial charge is 0.598 e. The van der Waals surface area contributed by atoms with Crippen LogP contribution in [-0.2, 0) is 17.9 Å². The number of thiol groups is 1. The minimum Gasteiger partial charge on any atom is -0.598 e. The van der Waals surface area contributed by atoms with E-state index in [1.54, 1.807) is 6.07 Å². The van der Waals surface area contributed by atoms with E-state index in [4.69, 9.17) is 0 Å². The number of aldehydes is 1. The lowest BCUT2D eigenvalue weighted by molar-refractivity contribution is 0.112. The third-order valence-electron chi connectivity index (χ3n) is 3.44. The third kappa shape index (κ3) is 4.38. The maximum atomic E-state index is 12.2. The molecule has 2 aromatic rings. The lowest BCUT2D eigenvalue weighted by atomic mass is 9.96. The second kappa shape index (κ2) is 7.53. The Kier molecular flexibility index (Phi) is 5.92. The van der Waals surface area contributed by atoms with E-state index in [2.05, 4.69) is 17.4 Å². The summed E-state index contributed by atoms with van der Waals surface area (Å²) in [6.07, 6.45) is 0.847. The van der Waals surface area contributed by atoms with Crippen molar-refractivity contribution in [3.05, 3.63) is 53.6 Å². The summed E-state index contributed by atoms with van der Waals surface area (Å²) in [4.78, 5) is 12.1. The summed E-state index contributed by atoms with van der Waals surface area (Å²) in [5.41, 5.74) is 3.32. The van der Waals surface area contributed by atoms with Crippen molar-refractivity contribution in [2.24, 2.45) is 0 Å². The Morgan fingerprint density at radius 2 is 1.87 bits per heavy atom. The normalized spacial score (nSPS) is 12.9. The Labute approximate surface area is 146 Å². The van der Waals surface area contributed by atoms with Crippen LogP contribution < -0.4 is 4.72 Å². The number of benzene rings is 2. The van der Waals surface area contributed by atoms with Crippen LogP contribution in [0, 0.1) is 0 Å². The lowest BCUT2D eigenvalue weighted by Crippen LogP contribution is -2.39. The molecular weight excluding hydrogens is 326 g/mol. The molecule has 3 nitrogen and oxygen atoms in total. The zero-order valence-corrected chi connectivity index (χ0v) is 15.2. The zero-order valence-electron chi connectivity index (χ0n) is 13.5. The van der Waals surface area contributed by atoms with E-state index in [9.17, 15) is 9.35 Å². The number of carbonyl (C=O) groups is 1. The van der Waals surface area contributed by atoms with Crippen LogP contribution >= 0.6 is 12.6 Å². The molecule has 122 valence electrons. The van der Waals surface area contributed by atoms with Crippen molar-refractivity contribution in [2.75, 3.05) is 0 Å². The highest BCUT2D eigenvalue weighted by molar-refractivity contribution is 7.90. The average molecular weight is 348 g/mol. The van der Waals surface area contributed by atoms with Gasteiger partial charge in [0, 0.05) is 27.4 Å². The van der Waals surface area contributed by atoms with E-state index in [1.807, 2.05) is 57.2 Å². The number of hydrogen-bond acceptors (Lipinski definition) is 4. The summed E-state index contributed by atoms with van der Waals surface area (Å²) in [7, 11) is 0. The maximum Gasteiger partial charge on any atom is 0.150 e. The van der Waals surface area contributed by atoms with Crippen molar-refractivity contribution >= 4 is 30.3 Å². The Morgan fingerprint density at radius 1 is 1.17 bits per heavy atom. The van der Waals surface area contributed by atoms with Crippen molar-refractivity contribution in [3.63, 3.8) is 0 Å². The lowest BCUT2D eigenvalue weighted by Gasteiger charge is -2.24. The molecule has 0 radical (unpaired) electrons. The van der Waals surface area contributed by atoms with Crippen LogP contribution in [0.5, 0.6) is 0 Å². The molecule has 1 N–H and O–H groups in total. The van der Waals surface area contributed by atoms with Crippen LogP contribution in [0.25, 0.3) is 11.1 Å². The molecule has 0 amide bonds. The van der Waals surface area contributed by atoms with E-state index in [0.717, 1.165) is 27.9 Å². The number of hydrogen-bond donors (Lipinski definition) is 2. The molecule has 0 fully saturated rings. The molecule has 0 saturated carbocycles. The van der Waals surface area contributed by atoms with E-state index in [-0.39, 0.29) is 4.75 Å². The molecule has 2 rings (SSSR count). The monoisotopic (exact) mass is 347 g/mol. The van der Waals surface area contributed by atoms with Crippen molar-refractivity contribution in [1.82, 2.24) is 4.72 Å². The summed E-state index contributed by atoms with van der Waals surface area (Å²) >= 11 is 3.39. The quantitative estimate of drug-likeness (QED) is 0.488. The smallest absolute Gasteiger partial charge is 0.150 e. The van der Waals surface area contributed by atoms with Crippen molar-refractivity contribution in [3.8, 4) is 11.1 Å². The first kappa shape index (κ1) is 18.1. The van der Waals surface area contributed by atoms with Crippen molar-refractivity contribution in [2.45, 2.75) is 37.0 Å². The first-order valence-electron chi connectivity index (χ1n) is 7.35. The van der Waals surface area contributed by atoms with Gasteiger partial charge in [-0.1, -0.05) is 36.4 Å². The van der Waals surface area contributed by atoms with Gasteiger partial charge >= 0.3 is 0 Å². The highest BCUT2D eigenvalue weighted by Gasteiger charge is 2.26. The van der Waals surface area contributed by atoms with E-state index in [1.165, 1.54) is 0 Å². The van der Waals surface area contributed by atoms with E-state index < -0.39 is 11.4 Å². The molecule has 0 aliphatic heterocycles. The minimum atomic E-state index is -1.16. The van der Waals surface area contributed by atoms with Crippen molar-refractivity contribution in [1.29, 1.82) is 0 Å². The summed E-state index contributed by atoms with van der Waals surface area (Å²) in [5.74, 6) is 0. The standard InChI is InChI=1S/C18H21NO2S2/c1-18(2,3)23(21)19-11-13-8-6-10-16(22)17(13)15-9-5-4-7-14(15)12-20/h4-10,12,19,22H,11H2,1-3H3. The second-order valence-corrected chi connectivity index (χ2v) is 8.75. The van der Waals surface area contributed by atoms with Crippen LogP contribution in [0.1, 0.15) is 36.7 Å². The molecular formula is C18H21NO2S2. The molecule has 1 unspecified atom stereocenters. The van der Waals surface area contributed by atoms with E-state index >= 15 is 0 Å². The summed E-state index contributed by atoms with van der Waals surface area (Å²) in [5, 5.41) is 0. The Morgan fingerprint density at radius 3 is 2.52 bits per heavy atom. The van der Waals surface area contributed by atoms with Crippen LogP contribution in [0.2, 0.25) is 0 Å². The number of rotatable bonds is 5. The molecule has 23 heavy (non-hydrogen) atoms. The highest BCUT2D eigenvalue weighted by Crippen LogP contribution is 2.32. The van der Waals surface area contributed by atoms with Gasteiger partial charge in [-0.05, 0) is 38.0 Å². The average Bonchev–Trinajstić information content (AvgIpc) is 2.51. The Balaban J connectivity index is 2.39. The molecule has 0 saturated heterocycles. The summed E-state index contributed by atoms with van der Waals surface area (Å²) in [6.45, 7) is 6.22. The molecule has 1 atom stereocenters. The molecule has 2 aromatic carbocycles. The zero-order chi connectivity index (χ0) is 17.0. The van der Waals surface area contributed by atoms with Crippen LogP contribution in [0.3, 0.4) is 0 Å². The predicted octanol–water partition coefficient (Wildman–Crippen LogP) is 4.01. The van der Waals surface area contributed by atoms with Gasteiger partial charge in [-0.25, -0.2) is 0 Å². The predicted molar refractivity (Wildman–Crippen MR) is 99.3 cm³/mol. The van der Waals surface area contributed by atoms with Gasteiger partial charge in [-0.15, -0.1) is 17.4 Å². The van der Waals surface area contributed by atoms with Gasteiger partial charge in [0.05, 0.1) is 6.54 Å². The van der Waals surface area contributed by atoms with Gasteiger partial charge < -0.3 is 4.55 Å². The van der Waals surface area contributed by atoms with Gasteiger partial charge in [-0.3, -0.25) is 4.79 Å². The van der Waals surface area contributed by atoms with Gasteiger partial charge in [0.2, 0.25) is 0 Å². The fourth-order valence-electron chi connectivity index (χ4n) is 2.23. The molecule has 0 aromatic heterocycles. The molecule has 0 aliphatic carbocycles. The van der Waals surface area contributed by atoms with Crippen LogP contribution in [0.15, 0.2) is 47.4 Å². The summed E-state index contributed by atoms with van der Waals surface area (Å²) < 4.78 is 14.9. The molecule has 0 aliphatic rings. The Hall–Kier alpha value is -1.27. The molecule has 5 heteroatoms. The van der Waals surface area contributed by atoms with Gasteiger partial charge in [0.25, 0.3) is 0 Å². The first-order chi connectivity index (χ1) is 10.8. The number of nitrogens with one attached hydrogen (secondary N) is 1. The van der Waals surface area contributed by atoms with E-state index in [0.29, 0.717) is 12.1 Å². The fourth-order valence-corrected chi connectivity index (χ4v) is 3.30. The maximum absolute atomic E-state index is 12.2. The first-order valence-corrected chi connectivity index (χ1v) is 8.95.